The number of benzene rings is 2. The summed E-state index contributed by atoms with van der Waals surface area (Å²) in [6.07, 6.45) is 0.540. The first-order valence-electron chi connectivity index (χ1n) is 10.1. The number of anilines is 2. The summed E-state index contributed by atoms with van der Waals surface area (Å²) >= 11 is 11.9. The number of carbonyl (C=O) groups is 1. The van der Waals surface area contributed by atoms with Crippen molar-refractivity contribution in [1.82, 2.24) is 4.90 Å². The number of halogens is 2. The van der Waals surface area contributed by atoms with Gasteiger partial charge in [-0.25, -0.2) is 8.42 Å². The van der Waals surface area contributed by atoms with Gasteiger partial charge in [-0.15, -0.1) is 0 Å². The molecule has 2 aromatic carbocycles. The molecule has 1 aliphatic rings. The van der Waals surface area contributed by atoms with Gasteiger partial charge in [0, 0.05) is 49.0 Å². The zero-order chi connectivity index (χ0) is 22.8. The van der Waals surface area contributed by atoms with E-state index in [-0.39, 0.29) is 21.2 Å². The van der Waals surface area contributed by atoms with Gasteiger partial charge in [-0.05, 0) is 47.9 Å². The fraction of sp³-hybridized carbons (Fsp3) is 0.409. The maximum atomic E-state index is 12.7. The van der Waals surface area contributed by atoms with Crippen LogP contribution in [-0.2, 0) is 14.8 Å². The average molecular weight is 484 g/mol. The lowest BCUT2D eigenvalue weighted by molar-refractivity contribution is -0.133. The number of hydrogen-bond acceptors (Lipinski definition) is 4. The van der Waals surface area contributed by atoms with E-state index in [1.807, 2.05) is 17.0 Å². The van der Waals surface area contributed by atoms with Crippen molar-refractivity contribution in [2.75, 3.05) is 35.8 Å². The SMILES string of the molecule is CC(C)(C)CC(=O)N1CCN(c2ccc(NS(=O)(=O)c3cc(Cl)ccc3Cl)cc2)CC1. The van der Waals surface area contributed by atoms with E-state index in [0.717, 1.165) is 18.8 Å². The molecule has 9 heteroatoms. The normalized spacial score (nSPS) is 15.1. The molecule has 168 valence electrons. The fourth-order valence-electron chi connectivity index (χ4n) is 3.41. The predicted molar refractivity (Wildman–Crippen MR) is 127 cm³/mol. The number of rotatable bonds is 5. The molecule has 0 saturated carbocycles. The molecular weight excluding hydrogens is 457 g/mol. The third kappa shape index (κ3) is 6.28. The molecule has 1 aliphatic heterocycles. The Kier molecular flexibility index (Phi) is 7.08. The second-order valence-corrected chi connectivity index (χ2v) is 11.3. The molecule has 0 unspecified atom stereocenters. The topological polar surface area (TPSA) is 69.7 Å². The zero-order valence-electron chi connectivity index (χ0n) is 17.9. The van der Waals surface area contributed by atoms with E-state index < -0.39 is 10.0 Å². The first-order chi connectivity index (χ1) is 14.4. The van der Waals surface area contributed by atoms with Gasteiger partial charge in [-0.2, -0.15) is 0 Å². The summed E-state index contributed by atoms with van der Waals surface area (Å²) < 4.78 is 27.9. The minimum atomic E-state index is -3.86. The summed E-state index contributed by atoms with van der Waals surface area (Å²) in [6, 6.07) is 11.5. The summed E-state index contributed by atoms with van der Waals surface area (Å²) in [5, 5.41) is 0.396. The van der Waals surface area contributed by atoms with Crippen LogP contribution in [-0.4, -0.2) is 45.4 Å². The molecule has 0 spiro atoms. The monoisotopic (exact) mass is 483 g/mol. The molecule has 1 amide bonds. The standard InChI is InChI=1S/C22H27Cl2N3O3S/c1-22(2,3)15-21(28)27-12-10-26(11-13-27)18-7-5-17(6-8-18)25-31(29,30)20-14-16(23)4-9-19(20)24/h4-9,14,25H,10-13,15H2,1-3H3. The van der Waals surface area contributed by atoms with Crippen LogP contribution in [0.5, 0.6) is 0 Å². The highest BCUT2D eigenvalue weighted by Crippen LogP contribution is 2.28. The molecule has 0 atom stereocenters. The van der Waals surface area contributed by atoms with Crippen LogP contribution < -0.4 is 9.62 Å². The van der Waals surface area contributed by atoms with Gasteiger partial charge in [0.25, 0.3) is 10.0 Å². The van der Waals surface area contributed by atoms with Gasteiger partial charge in [0.1, 0.15) is 4.90 Å². The van der Waals surface area contributed by atoms with Crippen LogP contribution in [0.4, 0.5) is 11.4 Å². The molecule has 31 heavy (non-hydrogen) atoms. The number of sulfonamides is 1. The Morgan fingerprint density at radius 1 is 1.00 bits per heavy atom. The minimum Gasteiger partial charge on any atom is -0.368 e. The van der Waals surface area contributed by atoms with Crippen molar-refractivity contribution in [2.24, 2.45) is 5.41 Å². The maximum absolute atomic E-state index is 12.7. The first kappa shape index (κ1) is 23.7. The van der Waals surface area contributed by atoms with Crippen molar-refractivity contribution in [1.29, 1.82) is 0 Å². The van der Waals surface area contributed by atoms with Gasteiger partial charge in [-0.3, -0.25) is 9.52 Å². The van der Waals surface area contributed by atoms with Gasteiger partial charge in [0.2, 0.25) is 5.91 Å². The largest absolute Gasteiger partial charge is 0.368 e. The Bertz CT molecular complexity index is 1040. The molecule has 2 aromatic rings. The lowest BCUT2D eigenvalue weighted by atomic mass is 9.91. The molecular formula is C22H27Cl2N3O3S. The van der Waals surface area contributed by atoms with Crippen molar-refractivity contribution < 1.29 is 13.2 Å². The number of hydrogen-bond donors (Lipinski definition) is 1. The number of carbonyl (C=O) groups excluding carboxylic acids is 1. The number of amides is 1. The van der Waals surface area contributed by atoms with Crippen LogP contribution in [0.25, 0.3) is 0 Å². The van der Waals surface area contributed by atoms with E-state index in [2.05, 4.69) is 30.4 Å². The highest BCUT2D eigenvalue weighted by atomic mass is 35.5. The average Bonchev–Trinajstić information content (AvgIpc) is 2.69. The van der Waals surface area contributed by atoms with Crippen molar-refractivity contribution in [3.63, 3.8) is 0 Å². The molecule has 1 heterocycles. The van der Waals surface area contributed by atoms with E-state index >= 15 is 0 Å². The molecule has 0 aromatic heterocycles. The van der Waals surface area contributed by atoms with Gasteiger partial charge >= 0.3 is 0 Å². The third-order valence-electron chi connectivity index (χ3n) is 4.98. The Morgan fingerprint density at radius 2 is 1.61 bits per heavy atom. The van der Waals surface area contributed by atoms with Crippen LogP contribution in [0.15, 0.2) is 47.4 Å². The zero-order valence-corrected chi connectivity index (χ0v) is 20.2. The molecule has 1 N–H and O–H groups in total. The molecule has 0 radical (unpaired) electrons. The van der Waals surface area contributed by atoms with Gasteiger partial charge in [0.15, 0.2) is 0 Å². The summed E-state index contributed by atoms with van der Waals surface area (Å²) in [5.74, 6) is 0.191. The summed E-state index contributed by atoms with van der Waals surface area (Å²) in [5.41, 5.74) is 1.39. The van der Waals surface area contributed by atoms with Crippen LogP contribution in [0.1, 0.15) is 27.2 Å². The molecule has 0 bridgehead atoms. The third-order valence-corrected chi connectivity index (χ3v) is 7.08. The van der Waals surface area contributed by atoms with Crippen molar-refractivity contribution in [3.8, 4) is 0 Å². The second-order valence-electron chi connectivity index (χ2n) is 8.83. The van der Waals surface area contributed by atoms with E-state index in [0.29, 0.717) is 30.2 Å². The molecule has 3 rings (SSSR count). The Morgan fingerprint density at radius 3 is 2.19 bits per heavy atom. The Labute approximate surface area is 194 Å². The summed E-state index contributed by atoms with van der Waals surface area (Å²) in [6.45, 7) is 9.02. The predicted octanol–water partition coefficient (Wildman–Crippen LogP) is 4.88. The molecule has 0 aliphatic carbocycles. The highest BCUT2D eigenvalue weighted by molar-refractivity contribution is 7.92. The Hall–Kier alpha value is -1.96. The number of piperazine rings is 1. The second kappa shape index (κ2) is 9.27. The van der Waals surface area contributed by atoms with Crippen molar-refractivity contribution in [3.05, 3.63) is 52.5 Å². The van der Waals surface area contributed by atoms with Gasteiger partial charge < -0.3 is 9.80 Å². The van der Waals surface area contributed by atoms with Crippen LogP contribution in [0.2, 0.25) is 10.0 Å². The minimum absolute atomic E-state index is 0.0211. The summed E-state index contributed by atoms with van der Waals surface area (Å²) in [4.78, 5) is 16.5. The quantitative estimate of drug-likeness (QED) is 0.657. The van der Waals surface area contributed by atoms with Gasteiger partial charge in [0.05, 0.1) is 5.02 Å². The first-order valence-corrected chi connectivity index (χ1v) is 12.3. The van der Waals surface area contributed by atoms with Crippen molar-refractivity contribution in [2.45, 2.75) is 32.1 Å². The van der Waals surface area contributed by atoms with E-state index in [1.54, 1.807) is 12.1 Å². The number of nitrogens with one attached hydrogen (secondary N) is 1. The molecule has 6 nitrogen and oxygen atoms in total. The highest BCUT2D eigenvalue weighted by Gasteiger charge is 2.25. The lowest BCUT2D eigenvalue weighted by Gasteiger charge is -2.37. The maximum Gasteiger partial charge on any atom is 0.263 e. The molecule has 1 saturated heterocycles. The smallest absolute Gasteiger partial charge is 0.263 e. The lowest BCUT2D eigenvalue weighted by Crippen LogP contribution is -2.49. The molecule has 1 fully saturated rings. The summed E-state index contributed by atoms with van der Waals surface area (Å²) in [7, 11) is -3.86. The van der Waals surface area contributed by atoms with Crippen molar-refractivity contribution >= 4 is 50.5 Å². The fourth-order valence-corrected chi connectivity index (χ4v) is 5.24. The number of nitrogens with zero attached hydrogens (tertiary/aromatic N) is 2. The van der Waals surface area contributed by atoms with E-state index in [1.165, 1.54) is 18.2 Å². The van der Waals surface area contributed by atoms with Crippen LogP contribution in [0, 0.1) is 5.41 Å². The van der Waals surface area contributed by atoms with E-state index in [4.69, 9.17) is 23.2 Å². The Balaban J connectivity index is 1.62. The van der Waals surface area contributed by atoms with Crippen LogP contribution in [0.3, 0.4) is 0 Å². The van der Waals surface area contributed by atoms with Gasteiger partial charge in [-0.1, -0.05) is 44.0 Å². The van der Waals surface area contributed by atoms with Crippen LogP contribution >= 0.6 is 23.2 Å². The van der Waals surface area contributed by atoms with E-state index in [9.17, 15) is 13.2 Å².